The fourth-order valence-electron chi connectivity index (χ4n) is 1.52. The Hall–Kier alpha value is -1.48. The molecule has 0 unspecified atom stereocenters. The lowest BCUT2D eigenvalue weighted by atomic mass is 10.1. The molecule has 3 nitrogen and oxygen atoms in total. The van der Waals surface area contributed by atoms with Crippen LogP contribution in [-0.4, -0.2) is 16.1 Å². The summed E-state index contributed by atoms with van der Waals surface area (Å²) in [5.41, 5.74) is 1.72. The molecule has 0 aliphatic rings. The van der Waals surface area contributed by atoms with E-state index < -0.39 is 5.97 Å². The van der Waals surface area contributed by atoms with Crippen LogP contribution in [0, 0.1) is 6.92 Å². The number of carboxylic acids is 1. The molecule has 14 heavy (non-hydrogen) atoms. The Bertz CT molecular complexity index is 516. The van der Waals surface area contributed by atoms with Crippen LogP contribution in [0.5, 0.6) is 0 Å². The molecule has 1 aromatic heterocycles. The van der Waals surface area contributed by atoms with Gasteiger partial charge in [-0.25, -0.2) is 4.79 Å². The molecule has 1 aromatic carbocycles. The number of H-pyrrole nitrogens is 1. The molecule has 0 aliphatic heterocycles. The number of hydrogen-bond donors (Lipinski definition) is 2. The predicted molar refractivity (Wildman–Crippen MR) is 55.0 cm³/mol. The van der Waals surface area contributed by atoms with Crippen LogP contribution in [0.3, 0.4) is 0 Å². The van der Waals surface area contributed by atoms with Gasteiger partial charge in [-0.2, -0.15) is 0 Å². The summed E-state index contributed by atoms with van der Waals surface area (Å²) in [5.74, 6) is -0.949. The van der Waals surface area contributed by atoms with E-state index in [2.05, 4.69) is 4.98 Å². The van der Waals surface area contributed by atoms with Crippen LogP contribution in [0.2, 0.25) is 5.02 Å². The molecular formula is C10H8ClNO2. The largest absolute Gasteiger partial charge is 0.477 e. The Morgan fingerprint density at radius 2 is 2.21 bits per heavy atom. The number of aromatic nitrogens is 1. The number of halogens is 1. The SMILES string of the molecule is Cc1c(C(=O)O)[nH]c2cc(Cl)ccc12. The summed E-state index contributed by atoms with van der Waals surface area (Å²) in [7, 11) is 0. The molecule has 0 spiro atoms. The molecule has 72 valence electrons. The lowest BCUT2D eigenvalue weighted by Crippen LogP contribution is -1.97. The zero-order chi connectivity index (χ0) is 10.3. The number of aromatic amines is 1. The van der Waals surface area contributed by atoms with E-state index in [1.165, 1.54) is 0 Å². The third-order valence-corrected chi connectivity index (χ3v) is 2.47. The molecule has 0 bridgehead atoms. The number of carbonyl (C=O) groups is 1. The van der Waals surface area contributed by atoms with Crippen LogP contribution in [0.4, 0.5) is 0 Å². The Balaban J connectivity index is 2.79. The smallest absolute Gasteiger partial charge is 0.352 e. The number of fused-ring (bicyclic) bond motifs is 1. The Kier molecular flexibility index (Phi) is 1.97. The molecule has 0 amide bonds. The molecule has 4 heteroatoms. The van der Waals surface area contributed by atoms with Crippen LogP contribution in [0.25, 0.3) is 10.9 Å². The summed E-state index contributed by atoms with van der Waals surface area (Å²) in [6.45, 7) is 1.77. The van der Waals surface area contributed by atoms with Crippen molar-refractivity contribution in [1.29, 1.82) is 0 Å². The summed E-state index contributed by atoms with van der Waals surface area (Å²) in [6.07, 6.45) is 0. The van der Waals surface area contributed by atoms with Crippen molar-refractivity contribution >= 4 is 28.5 Å². The van der Waals surface area contributed by atoms with Crippen molar-refractivity contribution in [2.45, 2.75) is 6.92 Å². The second-order valence-corrected chi connectivity index (χ2v) is 3.56. The highest BCUT2D eigenvalue weighted by molar-refractivity contribution is 6.31. The van der Waals surface area contributed by atoms with Gasteiger partial charge in [0.15, 0.2) is 0 Å². The summed E-state index contributed by atoms with van der Waals surface area (Å²) >= 11 is 5.79. The summed E-state index contributed by atoms with van der Waals surface area (Å²) in [6, 6.07) is 5.28. The van der Waals surface area contributed by atoms with Gasteiger partial charge in [-0.3, -0.25) is 0 Å². The van der Waals surface area contributed by atoms with Gasteiger partial charge in [0, 0.05) is 15.9 Å². The number of benzene rings is 1. The zero-order valence-corrected chi connectivity index (χ0v) is 8.22. The predicted octanol–water partition coefficient (Wildman–Crippen LogP) is 2.83. The minimum absolute atomic E-state index is 0.224. The van der Waals surface area contributed by atoms with Crippen molar-refractivity contribution in [2.75, 3.05) is 0 Å². The molecule has 2 aromatic rings. The molecule has 2 rings (SSSR count). The number of nitrogens with one attached hydrogen (secondary N) is 1. The maximum absolute atomic E-state index is 10.8. The topological polar surface area (TPSA) is 53.1 Å². The quantitative estimate of drug-likeness (QED) is 0.759. The maximum atomic E-state index is 10.8. The second kappa shape index (κ2) is 3.03. The van der Waals surface area contributed by atoms with Crippen molar-refractivity contribution in [2.24, 2.45) is 0 Å². The van der Waals surface area contributed by atoms with E-state index in [-0.39, 0.29) is 5.69 Å². The molecule has 0 aliphatic carbocycles. The monoisotopic (exact) mass is 209 g/mol. The van der Waals surface area contributed by atoms with Crippen LogP contribution < -0.4 is 0 Å². The second-order valence-electron chi connectivity index (χ2n) is 3.12. The van der Waals surface area contributed by atoms with Gasteiger partial charge in [-0.15, -0.1) is 0 Å². The molecule has 2 N–H and O–H groups in total. The number of aromatic carboxylic acids is 1. The Morgan fingerprint density at radius 1 is 1.50 bits per heavy atom. The zero-order valence-electron chi connectivity index (χ0n) is 7.47. The molecule has 1 heterocycles. The molecule has 0 atom stereocenters. The van der Waals surface area contributed by atoms with Crippen molar-refractivity contribution in [3.63, 3.8) is 0 Å². The molecule has 0 saturated carbocycles. The van der Waals surface area contributed by atoms with Gasteiger partial charge in [0.25, 0.3) is 0 Å². The number of carboxylic acid groups (broad SMARTS) is 1. The maximum Gasteiger partial charge on any atom is 0.352 e. The molecule has 0 fully saturated rings. The third-order valence-electron chi connectivity index (χ3n) is 2.23. The first-order valence-electron chi connectivity index (χ1n) is 4.10. The lowest BCUT2D eigenvalue weighted by molar-refractivity contribution is 0.0691. The normalized spacial score (nSPS) is 10.7. The standard InChI is InChI=1S/C10H8ClNO2/c1-5-7-3-2-6(11)4-8(7)12-9(5)10(13)14/h2-4,12H,1H3,(H,13,14). The summed E-state index contributed by atoms with van der Waals surface area (Å²) in [5, 5.41) is 10.4. The number of rotatable bonds is 1. The van der Waals surface area contributed by atoms with E-state index in [0.29, 0.717) is 5.02 Å². The van der Waals surface area contributed by atoms with Crippen LogP contribution in [0.15, 0.2) is 18.2 Å². The van der Waals surface area contributed by atoms with E-state index in [1.54, 1.807) is 19.1 Å². The molecular weight excluding hydrogens is 202 g/mol. The minimum atomic E-state index is -0.949. The van der Waals surface area contributed by atoms with Gasteiger partial charge in [0.2, 0.25) is 0 Å². The number of hydrogen-bond acceptors (Lipinski definition) is 1. The first-order valence-corrected chi connectivity index (χ1v) is 4.48. The highest BCUT2D eigenvalue weighted by atomic mass is 35.5. The van der Waals surface area contributed by atoms with Gasteiger partial charge in [0.1, 0.15) is 5.69 Å². The molecule has 0 radical (unpaired) electrons. The Morgan fingerprint density at radius 3 is 2.86 bits per heavy atom. The number of aryl methyl sites for hydroxylation is 1. The van der Waals surface area contributed by atoms with Gasteiger partial charge in [0.05, 0.1) is 0 Å². The first kappa shape index (κ1) is 9.09. The van der Waals surface area contributed by atoms with E-state index in [0.717, 1.165) is 16.5 Å². The van der Waals surface area contributed by atoms with Crippen molar-refractivity contribution in [3.8, 4) is 0 Å². The highest BCUT2D eigenvalue weighted by Crippen LogP contribution is 2.24. The van der Waals surface area contributed by atoms with Crippen LogP contribution in [0.1, 0.15) is 16.1 Å². The fourth-order valence-corrected chi connectivity index (χ4v) is 1.70. The van der Waals surface area contributed by atoms with Crippen LogP contribution in [-0.2, 0) is 0 Å². The summed E-state index contributed by atoms with van der Waals surface area (Å²) in [4.78, 5) is 13.6. The molecule has 0 saturated heterocycles. The van der Waals surface area contributed by atoms with Gasteiger partial charge >= 0.3 is 5.97 Å². The minimum Gasteiger partial charge on any atom is -0.477 e. The summed E-state index contributed by atoms with van der Waals surface area (Å²) < 4.78 is 0. The van der Waals surface area contributed by atoms with Crippen molar-refractivity contribution in [1.82, 2.24) is 4.98 Å². The average molecular weight is 210 g/mol. The lowest BCUT2D eigenvalue weighted by Gasteiger charge is -1.91. The third kappa shape index (κ3) is 1.26. The van der Waals surface area contributed by atoms with Gasteiger partial charge in [-0.05, 0) is 24.6 Å². The average Bonchev–Trinajstić information content (AvgIpc) is 2.43. The highest BCUT2D eigenvalue weighted by Gasteiger charge is 2.12. The van der Waals surface area contributed by atoms with Gasteiger partial charge < -0.3 is 10.1 Å². The van der Waals surface area contributed by atoms with E-state index in [1.807, 2.05) is 6.07 Å². The van der Waals surface area contributed by atoms with E-state index in [9.17, 15) is 4.79 Å². The van der Waals surface area contributed by atoms with E-state index >= 15 is 0 Å². The van der Waals surface area contributed by atoms with Crippen LogP contribution >= 0.6 is 11.6 Å². The Labute approximate surface area is 85.3 Å². The fraction of sp³-hybridized carbons (Fsp3) is 0.100. The van der Waals surface area contributed by atoms with Crippen molar-refractivity contribution < 1.29 is 9.90 Å². The van der Waals surface area contributed by atoms with E-state index in [4.69, 9.17) is 16.7 Å². The first-order chi connectivity index (χ1) is 6.59. The van der Waals surface area contributed by atoms with Gasteiger partial charge in [-0.1, -0.05) is 17.7 Å². The van der Waals surface area contributed by atoms with Crippen molar-refractivity contribution in [3.05, 3.63) is 34.5 Å².